The molecule has 0 aliphatic heterocycles. The van der Waals surface area contributed by atoms with Crippen molar-refractivity contribution in [3.8, 4) is 6.07 Å². The van der Waals surface area contributed by atoms with Gasteiger partial charge in [-0.3, -0.25) is 0 Å². The standard InChI is InChI=1S/C10H6ClN5/c11-9-7(3-12)1-2-15-10(9)16-8-4-13-6-14-5-8/h1-2,4-6H,(H,15,16). The molecule has 0 saturated carbocycles. The summed E-state index contributed by atoms with van der Waals surface area (Å²) in [7, 11) is 0. The van der Waals surface area contributed by atoms with E-state index in [1.807, 2.05) is 6.07 Å². The number of hydrogen-bond acceptors (Lipinski definition) is 5. The Labute approximate surface area is 96.8 Å². The average molecular weight is 232 g/mol. The van der Waals surface area contributed by atoms with Crippen molar-refractivity contribution in [2.24, 2.45) is 0 Å². The van der Waals surface area contributed by atoms with E-state index >= 15 is 0 Å². The Morgan fingerprint density at radius 1 is 1.31 bits per heavy atom. The van der Waals surface area contributed by atoms with Gasteiger partial charge in [0.1, 0.15) is 17.4 Å². The molecule has 2 heterocycles. The van der Waals surface area contributed by atoms with Crippen molar-refractivity contribution < 1.29 is 0 Å². The quantitative estimate of drug-likeness (QED) is 0.857. The van der Waals surface area contributed by atoms with Crippen LogP contribution in [0.2, 0.25) is 5.02 Å². The second kappa shape index (κ2) is 4.55. The van der Waals surface area contributed by atoms with Gasteiger partial charge in [0.2, 0.25) is 0 Å². The SMILES string of the molecule is N#Cc1ccnc(Nc2cncnc2)c1Cl. The Kier molecular flexibility index (Phi) is 2.94. The van der Waals surface area contributed by atoms with Crippen molar-refractivity contribution in [3.63, 3.8) is 0 Å². The van der Waals surface area contributed by atoms with Crippen molar-refractivity contribution in [3.05, 3.63) is 41.6 Å². The molecule has 0 fully saturated rings. The molecule has 0 saturated heterocycles. The molecule has 6 heteroatoms. The van der Waals surface area contributed by atoms with Crippen LogP contribution in [0.1, 0.15) is 5.56 Å². The van der Waals surface area contributed by atoms with Gasteiger partial charge in [-0.15, -0.1) is 0 Å². The van der Waals surface area contributed by atoms with Gasteiger partial charge in [0, 0.05) is 6.20 Å². The highest BCUT2D eigenvalue weighted by Gasteiger charge is 2.07. The Balaban J connectivity index is 2.33. The first-order valence-electron chi connectivity index (χ1n) is 4.38. The summed E-state index contributed by atoms with van der Waals surface area (Å²) in [6.45, 7) is 0. The van der Waals surface area contributed by atoms with Crippen LogP contribution in [0, 0.1) is 11.3 Å². The second-order valence-corrected chi connectivity index (χ2v) is 3.26. The molecule has 0 bridgehead atoms. The molecule has 78 valence electrons. The molecule has 0 radical (unpaired) electrons. The van der Waals surface area contributed by atoms with Gasteiger partial charge in [0.05, 0.1) is 23.6 Å². The summed E-state index contributed by atoms with van der Waals surface area (Å²) in [6, 6.07) is 3.53. The zero-order chi connectivity index (χ0) is 11.4. The predicted molar refractivity (Wildman–Crippen MR) is 59.3 cm³/mol. The monoisotopic (exact) mass is 231 g/mol. The third kappa shape index (κ3) is 2.07. The number of hydrogen-bond donors (Lipinski definition) is 1. The van der Waals surface area contributed by atoms with E-state index < -0.39 is 0 Å². The number of halogens is 1. The molecule has 2 aromatic rings. The van der Waals surface area contributed by atoms with Crippen LogP contribution < -0.4 is 5.32 Å². The lowest BCUT2D eigenvalue weighted by Gasteiger charge is -2.06. The smallest absolute Gasteiger partial charge is 0.150 e. The van der Waals surface area contributed by atoms with Gasteiger partial charge in [-0.1, -0.05) is 11.6 Å². The van der Waals surface area contributed by atoms with E-state index in [2.05, 4.69) is 20.3 Å². The molecule has 0 amide bonds. The third-order valence-electron chi connectivity index (χ3n) is 1.83. The van der Waals surface area contributed by atoms with Crippen LogP contribution in [0.3, 0.4) is 0 Å². The maximum atomic E-state index is 8.79. The first-order valence-corrected chi connectivity index (χ1v) is 4.75. The summed E-state index contributed by atoms with van der Waals surface area (Å²) >= 11 is 5.97. The summed E-state index contributed by atoms with van der Waals surface area (Å²) < 4.78 is 0. The Hall–Kier alpha value is -2.19. The zero-order valence-corrected chi connectivity index (χ0v) is 8.81. The second-order valence-electron chi connectivity index (χ2n) is 2.89. The van der Waals surface area contributed by atoms with Crippen LogP contribution in [0.5, 0.6) is 0 Å². The number of anilines is 2. The largest absolute Gasteiger partial charge is 0.336 e. The molecule has 0 unspecified atom stereocenters. The summed E-state index contributed by atoms with van der Waals surface area (Å²) in [6.07, 6.45) is 6.11. The molecule has 0 atom stereocenters. The van der Waals surface area contributed by atoms with E-state index in [4.69, 9.17) is 16.9 Å². The third-order valence-corrected chi connectivity index (χ3v) is 2.22. The average Bonchev–Trinajstić information content (AvgIpc) is 2.33. The van der Waals surface area contributed by atoms with Gasteiger partial charge in [-0.05, 0) is 6.07 Å². The van der Waals surface area contributed by atoms with Gasteiger partial charge in [-0.25, -0.2) is 15.0 Å². The van der Waals surface area contributed by atoms with Crippen molar-refractivity contribution in [1.29, 1.82) is 5.26 Å². The minimum absolute atomic E-state index is 0.286. The van der Waals surface area contributed by atoms with Crippen LogP contribution in [-0.4, -0.2) is 15.0 Å². The van der Waals surface area contributed by atoms with Crippen LogP contribution in [0.4, 0.5) is 11.5 Å². The van der Waals surface area contributed by atoms with Gasteiger partial charge >= 0.3 is 0 Å². The topological polar surface area (TPSA) is 74.5 Å². The normalized spacial score (nSPS) is 9.50. The number of pyridine rings is 1. The van der Waals surface area contributed by atoms with E-state index in [0.29, 0.717) is 17.1 Å². The van der Waals surface area contributed by atoms with Gasteiger partial charge in [0.25, 0.3) is 0 Å². The lowest BCUT2D eigenvalue weighted by molar-refractivity contribution is 1.16. The minimum Gasteiger partial charge on any atom is -0.336 e. The van der Waals surface area contributed by atoms with Gasteiger partial charge < -0.3 is 5.32 Å². The number of rotatable bonds is 2. The van der Waals surface area contributed by atoms with Crippen LogP contribution in [0.25, 0.3) is 0 Å². The highest BCUT2D eigenvalue weighted by atomic mass is 35.5. The van der Waals surface area contributed by atoms with Crippen molar-refractivity contribution in [2.45, 2.75) is 0 Å². The molecule has 0 aliphatic carbocycles. The predicted octanol–water partition coefficient (Wildman–Crippen LogP) is 2.14. The Bertz CT molecular complexity index is 535. The van der Waals surface area contributed by atoms with Crippen LogP contribution in [-0.2, 0) is 0 Å². The highest BCUT2D eigenvalue weighted by Crippen LogP contribution is 2.25. The molecular weight excluding hydrogens is 226 g/mol. The molecular formula is C10H6ClN5. The fourth-order valence-corrected chi connectivity index (χ4v) is 1.32. The molecule has 0 aliphatic rings. The van der Waals surface area contributed by atoms with E-state index in [0.717, 1.165) is 0 Å². The fraction of sp³-hybridized carbons (Fsp3) is 0. The fourth-order valence-electron chi connectivity index (χ4n) is 1.12. The van der Waals surface area contributed by atoms with E-state index in [9.17, 15) is 0 Å². The number of nitriles is 1. The summed E-state index contributed by atoms with van der Waals surface area (Å²) in [5, 5.41) is 12.0. The summed E-state index contributed by atoms with van der Waals surface area (Å²) in [5.41, 5.74) is 1.03. The maximum absolute atomic E-state index is 8.79. The summed E-state index contributed by atoms with van der Waals surface area (Å²) in [5.74, 6) is 0.413. The lowest BCUT2D eigenvalue weighted by atomic mass is 10.3. The number of nitrogens with one attached hydrogen (secondary N) is 1. The van der Waals surface area contributed by atoms with E-state index in [1.54, 1.807) is 18.5 Å². The van der Waals surface area contributed by atoms with Crippen molar-refractivity contribution >= 4 is 23.1 Å². The first kappa shape index (κ1) is 10.3. The number of aromatic nitrogens is 3. The molecule has 2 rings (SSSR count). The van der Waals surface area contributed by atoms with E-state index in [1.165, 1.54) is 12.5 Å². The molecule has 16 heavy (non-hydrogen) atoms. The molecule has 2 aromatic heterocycles. The van der Waals surface area contributed by atoms with Gasteiger partial charge in [-0.2, -0.15) is 5.26 Å². The summed E-state index contributed by atoms with van der Waals surface area (Å²) in [4.78, 5) is 11.7. The van der Waals surface area contributed by atoms with Gasteiger partial charge in [0.15, 0.2) is 5.82 Å². The molecule has 1 N–H and O–H groups in total. The number of nitrogens with zero attached hydrogens (tertiary/aromatic N) is 4. The highest BCUT2D eigenvalue weighted by molar-refractivity contribution is 6.34. The van der Waals surface area contributed by atoms with Crippen LogP contribution in [0.15, 0.2) is 31.0 Å². The minimum atomic E-state index is 0.286. The molecule has 0 aromatic carbocycles. The first-order chi connectivity index (χ1) is 7.81. The molecule has 5 nitrogen and oxygen atoms in total. The van der Waals surface area contributed by atoms with Crippen LogP contribution >= 0.6 is 11.6 Å². The van der Waals surface area contributed by atoms with Crippen molar-refractivity contribution in [1.82, 2.24) is 15.0 Å². The van der Waals surface area contributed by atoms with Crippen molar-refractivity contribution in [2.75, 3.05) is 5.32 Å². The molecule has 0 spiro atoms. The maximum Gasteiger partial charge on any atom is 0.150 e. The Morgan fingerprint density at radius 2 is 2.06 bits per heavy atom. The lowest BCUT2D eigenvalue weighted by Crippen LogP contribution is -1.96. The Morgan fingerprint density at radius 3 is 2.75 bits per heavy atom. The zero-order valence-electron chi connectivity index (χ0n) is 8.05. The van der Waals surface area contributed by atoms with E-state index in [-0.39, 0.29) is 5.02 Å².